The summed E-state index contributed by atoms with van der Waals surface area (Å²) in [7, 11) is 0.781. The first-order chi connectivity index (χ1) is 6.87. The molecule has 0 aliphatic rings. The summed E-state index contributed by atoms with van der Waals surface area (Å²) in [6, 6.07) is 3.25. The number of aromatic nitrogens is 1. The summed E-state index contributed by atoms with van der Waals surface area (Å²) in [5.41, 5.74) is 5.96. The summed E-state index contributed by atoms with van der Waals surface area (Å²) in [6.07, 6.45) is 1.49. The average Bonchev–Trinajstić information content (AvgIpc) is 2.17. The number of rotatable bonds is 3. The summed E-state index contributed by atoms with van der Waals surface area (Å²) in [5.74, 6) is 0.228. The van der Waals surface area contributed by atoms with E-state index in [0.29, 0.717) is 5.69 Å². The van der Waals surface area contributed by atoms with Gasteiger partial charge in [0, 0.05) is 27.3 Å². The van der Waals surface area contributed by atoms with Crippen molar-refractivity contribution in [3.05, 3.63) is 18.3 Å². The first-order valence-corrected chi connectivity index (χ1v) is 5.64. The SMILES string of the molecule is CN(C)S(=O)(=O)N(C)c1ncccc1N. The molecule has 0 aromatic carbocycles. The highest BCUT2D eigenvalue weighted by Crippen LogP contribution is 2.20. The monoisotopic (exact) mass is 230 g/mol. The minimum absolute atomic E-state index is 0.228. The highest BCUT2D eigenvalue weighted by molar-refractivity contribution is 7.90. The van der Waals surface area contributed by atoms with Gasteiger partial charge >= 0.3 is 10.2 Å². The number of pyridine rings is 1. The molecule has 0 saturated heterocycles. The van der Waals surface area contributed by atoms with Crippen LogP contribution in [0.1, 0.15) is 0 Å². The Labute approximate surface area is 89.5 Å². The van der Waals surface area contributed by atoms with Gasteiger partial charge in [-0.25, -0.2) is 9.29 Å². The van der Waals surface area contributed by atoms with Crippen LogP contribution in [0.2, 0.25) is 0 Å². The minimum Gasteiger partial charge on any atom is -0.396 e. The third-order valence-electron chi connectivity index (χ3n) is 1.92. The highest BCUT2D eigenvalue weighted by atomic mass is 32.2. The predicted octanol–water partition coefficient (Wildman–Crippen LogP) is -0.0936. The fourth-order valence-corrected chi connectivity index (χ4v) is 1.89. The van der Waals surface area contributed by atoms with Gasteiger partial charge < -0.3 is 5.73 Å². The van der Waals surface area contributed by atoms with Crippen LogP contribution in [0.15, 0.2) is 18.3 Å². The lowest BCUT2D eigenvalue weighted by Gasteiger charge is -2.22. The van der Waals surface area contributed by atoms with Gasteiger partial charge in [0.2, 0.25) is 0 Å². The summed E-state index contributed by atoms with van der Waals surface area (Å²) in [5, 5.41) is 0. The van der Waals surface area contributed by atoms with Crippen LogP contribution in [0.25, 0.3) is 0 Å². The number of nitrogens with two attached hydrogens (primary N) is 1. The molecule has 0 spiro atoms. The Bertz CT molecular complexity index is 444. The Morgan fingerprint density at radius 2 is 1.93 bits per heavy atom. The van der Waals surface area contributed by atoms with E-state index in [1.54, 1.807) is 12.1 Å². The summed E-state index contributed by atoms with van der Waals surface area (Å²) >= 11 is 0. The molecule has 2 N–H and O–H groups in total. The largest absolute Gasteiger partial charge is 0.396 e. The lowest BCUT2D eigenvalue weighted by Crippen LogP contribution is -2.38. The van der Waals surface area contributed by atoms with Crippen LogP contribution in [-0.2, 0) is 10.2 Å². The van der Waals surface area contributed by atoms with E-state index >= 15 is 0 Å². The van der Waals surface area contributed by atoms with Crippen molar-refractivity contribution in [2.45, 2.75) is 0 Å². The molecule has 0 unspecified atom stereocenters. The van der Waals surface area contributed by atoms with Crippen molar-refractivity contribution in [1.82, 2.24) is 9.29 Å². The molecule has 0 aliphatic heterocycles. The topological polar surface area (TPSA) is 79.5 Å². The maximum Gasteiger partial charge on any atom is 0.304 e. The van der Waals surface area contributed by atoms with E-state index in [4.69, 9.17) is 5.73 Å². The van der Waals surface area contributed by atoms with Crippen molar-refractivity contribution in [2.75, 3.05) is 31.2 Å². The van der Waals surface area contributed by atoms with Gasteiger partial charge in [-0.3, -0.25) is 0 Å². The minimum atomic E-state index is -3.53. The summed E-state index contributed by atoms with van der Waals surface area (Å²) < 4.78 is 25.6. The molecule has 0 fully saturated rings. The summed E-state index contributed by atoms with van der Waals surface area (Å²) in [4.78, 5) is 3.92. The molecule has 84 valence electrons. The Kier molecular flexibility index (Phi) is 3.15. The molecule has 1 aromatic rings. The molecule has 6 nitrogen and oxygen atoms in total. The number of hydrogen-bond acceptors (Lipinski definition) is 4. The second-order valence-electron chi connectivity index (χ2n) is 3.17. The van der Waals surface area contributed by atoms with E-state index in [2.05, 4.69) is 4.98 Å². The molecule has 0 radical (unpaired) electrons. The number of hydrogen-bond donors (Lipinski definition) is 1. The van der Waals surface area contributed by atoms with Crippen LogP contribution < -0.4 is 10.0 Å². The Hall–Kier alpha value is -1.34. The second kappa shape index (κ2) is 4.03. The fraction of sp³-hybridized carbons (Fsp3) is 0.375. The van der Waals surface area contributed by atoms with Gasteiger partial charge in [0.15, 0.2) is 5.82 Å². The Morgan fingerprint density at radius 3 is 2.40 bits per heavy atom. The zero-order chi connectivity index (χ0) is 11.6. The van der Waals surface area contributed by atoms with Crippen molar-refractivity contribution < 1.29 is 8.42 Å². The third-order valence-corrected chi connectivity index (χ3v) is 3.71. The van der Waals surface area contributed by atoms with Crippen molar-refractivity contribution in [1.29, 1.82) is 0 Å². The van der Waals surface area contributed by atoms with Crippen LogP contribution in [0.5, 0.6) is 0 Å². The van der Waals surface area contributed by atoms with Gasteiger partial charge in [-0.2, -0.15) is 12.7 Å². The number of nitrogen functional groups attached to an aromatic ring is 1. The molecule has 7 heteroatoms. The molecule has 0 amide bonds. The number of nitrogens with zero attached hydrogens (tertiary/aromatic N) is 3. The van der Waals surface area contributed by atoms with Crippen LogP contribution in [0.4, 0.5) is 11.5 Å². The van der Waals surface area contributed by atoms with Gasteiger partial charge in [-0.05, 0) is 12.1 Å². The van der Waals surface area contributed by atoms with E-state index in [9.17, 15) is 8.42 Å². The Morgan fingerprint density at radius 1 is 1.33 bits per heavy atom. The normalized spacial score (nSPS) is 11.7. The van der Waals surface area contributed by atoms with Crippen molar-refractivity contribution in [3.63, 3.8) is 0 Å². The van der Waals surface area contributed by atoms with Gasteiger partial charge in [0.1, 0.15) is 0 Å². The molecule has 0 saturated carbocycles. The average molecular weight is 230 g/mol. The van der Waals surface area contributed by atoms with Crippen LogP contribution >= 0.6 is 0 Å². The first-order valence-electron chi connectivity index (χ1n) is 4.24. The zero-order valence-electron chi connectivity index (χ0n) is 8.88. The highest BCUT2D eigenvalue weighted by Gasteiger charge is 2.23. The first kappa shape index (κ1) is 11.7. The maximum atomic E-state index is 11.7. The predicted molar refractivity (Wildman–Crippen MR) is 59.7 cm³/mol. The van der Waals surface area contributed by atoms with Gasteiger partial charge in [0.05, 0.1) is 5.69 Å². The smallest absolute Gasteiger partial charge is 0.304 e. The molecule has 0 atom stereocenters. The van der Waals surface area contributed by atoms with Crippen LogP contribution in [-0.4, -0.2) is 38.9 Å². The Balaban J connectivity index is 3.17. The molecular weight excluding hydrogens is 216 g/mol. The van der Waals surface area contributed by atoms with E-state index in [1.165, 1.54) is 27.3 Å². The van der Waals surface area contributed by atoms with Gasteiger partial charge in [-0.15, -0.1) is 0 Å². The molecule has 0 bridgehead atoms. The molecule has 0 aliphatic carbocycles. The molecule has 1 heterocycles. The maximum absolute atomic E-state index is 11.7. The van der Waals surface area contributed by atoms with Crippen LogP contribution in [0, 0.1) is 0 Å². The van der Waals surface area contributed by atoms with E-state index in [-0.39, 0.29) is 5.82 Å². The molecular formula is C8H14N4O2S. The van der Waals surface area contributed by atoms with Crippen molar-refractivity contribution in [2.24, 2.45) is 0 Å². The van der Waals surface area contributed by atoms with E-state index in [1.807, 2.05) is 0 Å². The van der Waals surface area contributed by atoms with Crippen molar-refractivity contribution in [3.8, 4) is 0 Å². The second-order valence-corrected chi connectivity index (χ2v) is 5.35. The number of anilines is 2. The van der Waals surface area contributed by atoms with E-state index < -0.39 is 10.2 Å². The molecule has 1 aromatic heterocycles. The van der Waals surface area contributed by atoms with Crippen LogP contribution in [0.3, 0.4) is 0 Å². The standard InChI is InChI=1S/C8H14N4O2S/c1-11(2)15(13,14)12(3)8-7(9)5-4-6-10-8/h4-6H,9H2,1-3H3. The molecule has 1 rings (SSSR count). The lowest BCUT2D eigenvalue weighted by atomic mass is 10.4. The third kappa shape index (κ3) is 2.18. The summed E-state index contributed by atoms with van der Waals surface area (Å²) in [6.45, 7) is 0. The fourth-order valence-electron chi connectivity index (χ4n) is 1.03. The zero-order valence-corrected chi connectivity index (χ0v) is 9.69. The lowest BCUT2D eigenvalue weighted by molar-refractivity contribution is 0.518. The van der Waals surface area contributed by atoms with Crippen molar-refractivity contribution >= 4 is 21.7 Å². The van der Waals surface area contributed by atoms with E-state index in [0.717, 1.165) is 8.61 Å². The van der Waals surface area contributed by atoms with Gasteiger partial charge in [-0.1, -0.05) is 0 Å². The van der Waals surface area contributed by atoms with Gasteiger partial charge in [0.25, 0.3) is 0 Å². The quantitative estimate of drug-likeness (QED) is 0.786. The molecule has 15 heavy (non-hydrogen) atoms.